The number of anilines is 2. The number of carbonyl (C=O) groups is 2. The van der Waals surface area contributed by atoms with Crippen molar-refractivity contribution in [2.75, 3.05) is 5.32 Å². The molecule has 3 rings (SSSR count). The summed E-state index contributed by atoms with van der Waals surface area (Å²) >= 11 is 0. The van der Waals surface area contributed by atoms with E-state index in [1.54, 1.807) is 12.1 Å². The maximum absolute atomic E-state index is 12.0. The van der Waals surface area contributed by atoms with Gasteiger partial charge in [-0.2, -0.15) is 0 Å². The number of rotatable bonds is 3. The Kier molecular flexibility index (Phi) is 4.12. The van der Waals surface area contributed by atoms with E-state index in [2.05, 4.69) is 11.4 Å². The van der Waals surface area contributed by atoms with Crippen LogP contribution < -0.4 is 5.32 Å². The molecule has 6 heteroatoms. The Hall–Kier alpha value is -3.02. The lowest BCUT2D eigenvalue weighted by atomic mass is 10.1. The number of furan rings is 1. The second-order valence-corrected chi connectivity index (χ2v) is 6.38. The van der Waals surface area contributed by atoms with E-state index in [1.807, 2.05) is 26.0 Å². The summed E-state index contributed by atoms with van der Waals surface area (Å²) in [6.45, 7) is 7.02. The zero-order chi connectivity index (χ0) is 18.2. The molecule has 0 unspecified atom stereocenters. The van der Waals surface area contributed by atoms with Gasteiger partial charge >= 0.3 is 11.9 Å². The van der Waals surface area contributed by atoms with Crippen molar-refractivity contribution in [3.8, 4) is 0 Å². The molecule has 25 heavy (non-hydrogen) atoms. The Morgan fingerprint density at radius 1 is 1.00 bits per heavy atom. The van der Waals surface area contributed by atoms with Crippen LogP contribution >= 0.6 is 0 Å². The van der Waals surface area contributed by atoms with Gasteiger partial charge in [-0.1, -0.05) is 17.7 Å². The van der Waals surface area contributed by atoms with Crippen LogP contribution in [0.4, 0.5) is 11.6 Å². The van der Waals surface area contributed by atoms with Gasteiger partial charge in [0.1, 0.15) is 11.3 Å². The highest BCUT2D eigenvalue weighted by Gasteiger charge is 2.39. The lowest BCUT2D eigenvalue weighted by Gasteiger charge is -2.29. The average Bonchev–Trinajstić information content (AvgIpc) is 2.92. The van der Waals surface area contributed by atoms with Gasteiger partial charge in [0.2, 0.25) is 0 Å². The molecular formula is C19H19NO5. The number of ether oxygens (including phenoxy) is 2. The van der Waals surface area contributed by atoms with Crippen molar-refractivity contribution >= 4 is 29.6 Å². The normalized spacial score (nSPS) is 16.2. The average molecular weight is 341 g/mol. The molecule has 1 aromatic carbocycles. The summed E-state index contributed by atoms with van der Waals surface area (Å²) in [5.74, 6) is -1.89. The number of hydrogen-bond donors (Lipinski definition) is 1. The standard InChI is InChI=1S/C19H19NO5/c1-11-5-7-15(12(2)9-11)20-16-8-6-13(23-16)10-14-17(21)24-19(3,4)25-18(14)22/h5-10,20H,1-4H3. The number of nitrogens with one attached hydrogen (secondary N) is 1. The molecule has 0 amide bonds. The summed E-state index contributed by atoms with van der Waals surface area (Å²) < 4.78 is 15.7. The second-order valence-electron chi connectivity index (χ2n) is 6.38. The van der Waals surface area contributed by atoms with E-state index in [-0.39, 0.29) is 5.57 Å². The van der Waals surface area contributed by atoms with Gasteiger partial charge in [0.05, 0.1) is 0 Å². The molecule has 0 aliphatic carbocycles. The van der Waals surface area contributed by atoms with Crippen molar-refractivity contribution in [1.82, 2.24) is 0 Å². The van der Waals surface area contributed by atoms with Crippen molar-refractivity contribution in [2.45, 2.75) is 33.5 Å². The Morgan fingerprint density at radius 3 is 2.32 bits per heavy atom. The van der Waals surface area contributed by atoms with E-state index in [9.17, 15) is 9.59 Å². The summed E-state index contributed by atoms with van der Waals surface area (Å²) in [4.78, 5) is 23.9. The lowest BCUT2D eigenvalue weighted by molar-refractivity contribution is -0.222. The zero-order valence-corrected chi connectivity index (χ0v) is 14.5. The van der Waals surface area contributed by atoms with Crippen molar-refractivity contribution in [3.63, 3.8) is 0 Å². The largest absolute Gasteiger partial charge is 0.441 e. The van der Waals surface area contributed by atoms with E-state index in [4.69, 9.17) is 13.9 Å². The summed E-state index contributed by atoms with van der Waals surface area (Å²) in [5, 5.41) is 3.16. The maximum atomic E-state index is 12.0. The van der Waals surface area contributed by atoms with Gasteiger partial charge in [-0.15, -0.1) is 0 Å². The van der Waals surface area contributed by atoms with Crippen LogP contribution in [0.1, 0.15) is 30.7 Å². The first kappa shape index (κ1) is 16.8. The summed E-state index contributed by atoms with van der Waals surface area (Å²) in [6, 6.07) is 9.39. The van der Waals surface area contributed by atoms with Crippen LogP contribution in [-0.4, -0.2) is 17.7 Å². The van der Waals surface area contributed by atoms with Crippen LogP contribution in [-0.2, 0) is 19.1 Å². The minimum absolute atomic E-state index is 0.202. The Morgan fingerprint density at radius 2 is 1.68 bits per heavy atom. The molecule has 1 N–H and O–H groups in total. The number of benzene rings is 1. The molecule has 6 nitrogen and oxygen atoms in total. The first-order valence-corrected chi connectivity index (χ1v) is 7.86. The van der Waals surface area contributed by atoms with E-state index in [0.717, 1.165) is 11.3 Å². The number of aryl methyl sites for hydroxylation is 2. The molecule has 1 aliphatic heterocycles. The van der Waals surface area contributed by atoms with Gasteiger partial charge in [-0.25, -0.2) is 9.59 Å². The molecule has 1 saturated heterocycles. The van der Waals surface area contributed by atoms with Crippen molar-refractivity contribution in [1.29, 1.82) is 0 Å². The predicted molar refractivity (Wildman–Crippen MR) is 92.1 cm³/mol. The van der Waals surface area contributed by atoms with Crippen LogP contribution in [0.2, 0.25) is 0 Å². The molecule has 0 spiro atoms. The minimum Gasteiger partial charge on any atom is -0.441 e. The molecule has 1 aromatic heterocycles. The SMILES string of the molecule is Cc1ccc(Nc2ccc(C=C3C(=O)OC(C)(C)OC3=O)o2)c(C)c1. The third kappa shape index (κ3) is 3.74. The van der Waals surface area contributed by atoms with Gasteiger partial charge < -0.3 is 19.2 Å². The number of esters is 2. The van der Waals surface area contributed by atoms with Crippen molar-refractivity contribution < 1.29 is 23.5 Å². The van der Waals surface area contributed by atoms with Gasteiger partial charge in [-0.05, 0) is 31.5 Å². The molecule has 1 aliphatic rings. The van der Waals surface area contributed by atoms with Crippen molar-refractivity contribution in [2.24, 2.45) is 0 Å². The molecule has 130 valence electrons. The fraction of sp³-hybridized carbons (Fsp3) is 0.263. The molecule has 0 saturated carbocycles. The number of cyclic esters (lactones) is 2. The smallest absolute Gasteiger partial charge is 0.348 e. The molecule has 0 atom stereocenters. The van der Waals surface area contributed by atoms with Crippen LogP contribution in [0.15, 0.2) is 40.3 Å². The maximum Gasteiger partial charge on any atom is 0.348 e. The predicted octanol–water partition coefficient (Wildman–Crippen LogP) is 3.86. The Bertz CT molecular complexity index is 854. The van der Waals surface area contributed by atoms with Crippen LogP contribution in [0.25, 0.3) is 6.08 Å². The highest BCUT2D eigenvalue weighted by Crippen LogP contribution is 2.27. The van der Waals surface area contributed by atoms with Crippen LogP contribution in [0, 0.1) is 13.8 Å². The quantitative estimate of drug-likeness (QED) is 0.519. The first-order valence-electron chi connectivity index (χ1n) is 7.86. The molecule has 2 aromatic rings. The summed E-state index contributed by atoms with van der Waals surface area (Å²) in [5.41, 5.74) is 2.97. The van der Waals surface area contributed by atoms with E-state index >= 15 is 0 Å². The number of hydrogen-bond acceptors (Lipinski definition) is 6. The lowest BCUT2D eigenvalue weighted by Crippen LogP contribution is -2.41. The van der Waals surface area contributed by atoms with Crippen molar-refractivity contribution in [3.05, 3.63) is 52.8 Å². The highest BCUT2D eigenvalue weighted by molar-refractivity contribution is 6.18. The third-order valence-corrected chi connectivity index (χ3v) is 3.67. The zero-order valence-electron chi connectivity index (χ0n) is 14.5. The first-order chi connectivity index (χ1) is 11.7. The minimum atomic E-state index is -1.26. The van der Waals surface area contributed by atoms with Gasteiger partial charge in [0.15, 0.2) is 5.88 Å². The topological polar surface area (TPSA) is 77.8 Å². The molecular weight excluding hydrogens is 322 g/mol. The van der Waals surface area contributed by atoms with Gasteiger partial charge in [0.25, 0.3) is 5.79 Å². The third-order valence-electron chi connectivity index (χ3n) is 3.67. The van der Waals surface area contributed by atoms with Crippen LogP contribution in [0.3, 0.4) is 0 Å². The van der Waals surface area contributed by atoms with Gasteiger partial charge in [0, 0.05) is 31.7 Å². The number of carbonyl (C=O) groups excluding carboxylic acids is 2. The fourth-order valence-electron chi connectivity index (χ4n) is 2.50. The van der Waals surface area contributed by atoms with Crippen LogP contribution in [0.5, 0.6) is 0 Å². The molecule has 2 heterocycles. The Labute approximate surface area is 145 Å². The van der Waals surface area contributed by atoms with E-state index in [0.29, 0.717) is 11.6 Å². The molecule has 1 fully saturated rings. The van der Waals surface area contributed by atoms with Gasteiger partial charge in [-0.3, -0.25) is 0 Å². The molecule has 0 bridgehead atoms. The van der Waals surface area contributed by atoms with E-state index < -0.39 is 17.7 Å². The highest BCUT2D eigenvalue weighted by atomic mass is 16.7. The fourth-order valence-corrected chi connectivity index (χ4v) is 2.50. The molecule has 0 radical (unpaired) electrons. The second kappa shape index (κ2) is 6.12. The monoisotopic (exact) mass is 341 g/mol. The summed E-state index contributed by atoms with van der Waals surface area (Å²) in [6.07, 6.45) is 1.31. The summed E-state index contributed by atoms with van der Waals surface area (Å²) in [7, 11) is 0. The Balaban J connectivity index is 1.80. The van der Waals surface area contributed by atoms with E-state index in [1.165, 1.54) is 25.5 Å².